The summed E-state index contributed by atoms with van der Waals surface area (Å²) in [5.41, 5.74) is 5.84. The molecule has 5 nitrogen and oxygen atoms in total. The van der Waals surface area contributed by atoms with E-state index in [-0.39, 0.29) is 18.2 Å². The SMILES string of the molecule is COC(C)Cc1nc(CN)cc(=O)[nH]1. The third-order valence-corrected chi connectivity index (χ3v) is 1.94. The van der Waals surface area contributed by atoms with Gasteiger partial charge in [-0.15, -0.1) is 0 Å². The number of rotatable bonds is 4. The fourth-order valence-corrected chi connectivity index (χ4v) is 1.12. The van der Waals surface area contributed by atoms with Crippen molar-refractivity contribution in [3.05, 3.63) is 27.9 Å². The summed E-state index contributed by atoms with van der Waals surface area (Å²) >= 11 is 0. The molecule has 1 heterocycles. The molecule has 0 saturated heterocycles. The monoisotopic (exact) mass is 197 g/mol. The normalized spacial score (nSPS) is 12.8. The van der Waals surface area contributed by atoms with Crippen molar-refractivity contribution in [2.45, 2.75) is 26.0 Å². The maximum Gasteiger partial charge on any atom is 0.251 e. The lowest BCUT2D eigenvalue weighted by Crippen LogP contribution is -2.19. The molecule has 0 fully saturated rings. The first-order valence-electron chi connectivity index (χ1n) is 4.47. The maximum atomic E-state index is 11.1. The number of aromatic nitrogens is 2. The number of hydrogen-bond donors (Lipinski definition) is 2. The Labute approximate surface area is 82.3 Å². The Morgan fingerprint density at radius 3 is 3.00 bits per heavy atom. The number of nitrogens with two attached hydrogens (primary N) is 1. The average Bonchev–Trinajstić information content (AvgIpc) is 2.16. The van der Waals surface area contributed by atoms with Gasteiger partial charge in [0.2, 0.25) is 0 Å². The van der Waals surface area contributed by atoms with E-state index in [2.05, 4.69) is 9.97 Å². The molecule has 0 aliphatic carbocycles. The van der Waals surface area contributed by atoms with Crippen LogP contribution < -0.4 is 11.3 Å². The standard InChI is InChI=1S/C9H15N3O2/c1-6(14-2)3-8-11-7(5-10)4-9(13)12-8/h4,6H,3,5,10H2,1-2H3,(H,11,12,13). The molecule has 0 spiro atoms. The van der Waals surface area contributed by atoms with Gasteiger partial charge < -0.3 is 15.5 Å². The van der Waals surface area contributed by atoms with E-state index in [0.717, 1.165) is 0 Å². The Hall–Kier alpha value is -1.20. The quantitative estimate of drug-likeness (QED) is 0.700. The highest BCUT2D eigenvalue weighted by atomic mass is 16.5. The molecule has 0 radical (unpaired) electrons. The van der Waals surface area contributed by atoms with Crippen LogP contribution in [0.3, 0.4) is 0 Å². The van der Waals surface area contributed by atoms with Crippen LogP contribution in [-0.2, 0) is 17.7 Å². The summed E-state index contributed by atoms with van der Waals surface area (Å²) in [6, 6.07) is 1.40. The summed E-state index contributed by atoms with van der Waals surface area (Å²) in [5, 5.41) is 0. The van der Waals surface area contributed by atoms with Gasteiger partial charge >= 0.3 is 0 Å². The zero-order valence-corrected chi connectivity index (χ0v) is 8.41. The molecule has 0 amide bonds. The van der Waals surface area contributed by atoms with E-state index in [1.165, 1.54) is 6.07 Å². The molecule has 1 unspecified atom stereocenters. The highest BCUT2D eigenvalue weighted by Gasteiger charge is 2.05. The van der Waals surface area contributed by atoms with Gasteiger partial charge in [0, 0.05) is 26.1 Å². The molecule has 5 heteroatoms. The fourth-order valence-electron chi connectivity index (χ4n) is 1.12. The molecule has 14 heavy (non-hydrogen) atoms. The predicted octanol–water partition coefficient (Wildman–Crippen LogP) is -0.194. The molecule has 3 N–H and O–H groups in total. The number of methoxy groups -OCH3 is 1. The van der Waals surface area contributed by atoms with E-state index < -0.39 is 0 Å². The minimum atomic E-state index is -0.168. The van der Waals surface area contributed by atoms with Gasteiger partial charge in [-0.3, -0.25) is 4.79 Å². The number of hydrogen-bond acceptors (Lipinski definition) is 4. The summed E-state index contributed by atoms with van der Waals surface area (Å²) in [6.07, 6.45) is 0.616. The number of H-pyrrole nitrogens is 1. The molecule has 1 rings (SSSR count). The van der Waals surface area contributed by atoms with Crippen LogP contribution >= 0.6 is 0 Å². The van der Waals surface area contributed by atoms with E-state index in [0.29, 0.717) is 17.9 Å². The second kappa shape index (κ2) is 4.88. The topological polar surface area (TPSA) is 81.0 Å². The van der Waals surface area contributed by atoms with E-state index >= 15 is 0 Å². The molecule has 1 atom stereocenters. The van der Waals surface area contributed by atoms with Crippen molar-refractivity contribution in [3.8, 4) is 0 Å². The first-order chi connectivity index (χ1) is 6.65. The number of nitrogens with zero attached hydrogens (tertiary/aromatic N) is 1. The van der Waals surface area contributed by atoms with Crippen LogP contribution in [0.1, 0.15) is 18.4 Å². The lowest BCUT2D eigenvalue weighted by Gasteiger charge is -2.08. The predicted molar refractivity (Wildman–Crippen MR) is 52.9 cm³/mol. The lowest BCUT2D eigenvalue weighted by molar-refractivity contribution is 0.117. The molecule has 0 aliphatic heterocycles. The highest BCUT2D eigenvalue weighted by Crippen LogP contribution is 1.98. The van der Waals surface area contributed by atoms with E-state index in [1.54, 1.807) is 7.11 Å². The number of ether oxygens (including phenoxy) is 1. The van der Waals surface area contributed by atoms with E-state index in [9.17, 15) is 4.79 Å². The second-order valence-corrected chi connectivity index (χ2v) is 3.14. The minimum Gasteiger partial charge on any atom is -0.381 e. The van der Waals surface area contributed by atoms with E-state index in [1.807, 2.05) is 6.92 Å². The van der Waals surface area contributed by atoms with Gasteiger partial charge in [0.25, 0.3) is 5.56 Å². The van der Waals surface area contributed by atoms with Crippen molar-refractivity contribution in [2.75, 3.05) is 7.11 Å². The zero-order chi connectivity index (χ0) is 10.6. The molecule has 1 aromatic rings. The van der Waals surface area contributed by atoms with Gasteiger partial charge in [-0.25, -0.2) is 4.98 Å². The van der Waals surface area contributed by atoms with Crippen molar-refractivity contribution >= 4 is 0 Å². The van der Waals surface area contributed by atoms with Crippen molar-refractivity contribution in [3.63, 3.8) is 0 Å². The maximum absolute atomic E-state index is 11.1. The summed E-state index contributed by atoms with van der Waals surface area (Å²) < 4.78 is 5.07. The van der Waals surface area contributed by atoms with Gasteiger partial charge in [-0.1, -0.05) is 0 Å². The first kappa shape index (κ1) is 10.9. The summed E-state index contributed by atoms with van der Waals surface area (Å²) in [7, 11) is 1.62. The van der Waals surface area contributed by atoms with E-state index in [4.69, 9.17) is 10.5 Å². The first-order valence-corrected chi connectivity index (χ1v) is 4.47. The Balaban J connectivity index is 2.86. The fraction of sp³-hybridized carbons (Fsp3) is 0.556. The van der Waals surface area contributed by atoms with Crippen molar-refractivity contribution < 1.29 is 4.74 Å². The molecule has 0 saturated carbocycles. The highest BCUT2D eigenvalue weighted by molar-refractivity contribution is 5.02. The molecule has 0 aliphatic rings. The van der Waals surface area contributed by atoms with Crippen LogP contribution in [0.25, 0.3) is 0 Å². The molecule has 78 valence electrons. The van der Waals surface area contributed by atoms with Gasteiger partial charge in [0.1, 0.15) is 5.82 Å². The van der Waals surface area contributed by atoms with Gasteiger partial charge in [-0.05, 0) is 6.92 Å². The van der Waals surface area contributed by atoms with Crippen LogP contribution in [0.15, 0.2) is 10.9 Å². The Morgan fingerprint density at radius 2 is 2.43 bits per heavy atom. The van der Waals surface area contributed by atoms with Crippen molar-refractivity contribution in [1.29, 1.82) is 0 Å². The minimum absolute atomic E-state index is 0.0335. The van der Waals surface area contributed by atoms with Gasteiger partial charge in [0.05, 0.1) is 11.8 Å². The third kappa shape index (κ3) is 2.93. The van der Waals surface area contributed by atoms with Gasteiger partial charge in [0.15, 0.2) is 0 Å². The van der Waals surface area contributed by atoms with Crippen molar-refractivity contribution in [1.82, 2.24) is 9.97 Å². The van der Waals surface area contributed by atoms with Crippen LogP contribution in [-0.4, -0.2) is 23.2 Å². The largest absolute Gasteiger partial charge is 0.381 e. The Kier molecular flexibility index (Phi) is 3.79. The van der Waals surface area contributed by atoms with Crippen LogP contribution in [0, 0.1) is 0 Å². The van der Waals surface area contributed by atoms with Crippen LogP contribution in [0.5, 0.6) is 0 Å². The molecular weight excluding hydrogens is 182 g/mol. The molecule has 0 aromatic carbocycles. The van der Waals surface area contributed by atoms with Crippen LogP contribution in [0.4, 0.5) is 0 Å². The van der Waals surface area contributed by atoms with Gasteiger partial charge in [-0.2, -0.15) is 0 Å². The smallest absolute Gasteiger partial charge is 0.251 e. The summed E-state index contributed by atoms with van der Waals surface area (Å²) in [4.78, 5) is 18.0. The molecule has 0 bridgehead atoms. The summed E-state index contributed by atoms with van der Waals surface area (Å²) in [5.74, 6) is 0.618. The lowest BCUT2D eigenvalue weighted by atomic mass is 10.2. The molecule has 1 aromatic heterocycles. The Bertz CT molecular complexity index is 348. The number of nitrogens with one attached hydrogen (secondary N) is 1. The zero-order valence-electron chi connectivity index (χ0n) is 8.41. The average molecular weight is 197 g/mol. The molecular formula is C9H15N3O2. The second-order valence-electron chi connectivity index (χ2n) is 3.14. The Morgan fingerprint density at radius 1 is 1.71 bits per heavy atom. The van der Waals surface area contributed by atoms with Crippen LogP contribution in [0.2, 0.25) is 0 Å². The third-order valence-electron chi connectivity index (χ3n) is 1.94. The summed E-state index contributed by atoms with van der Waals surface area (Å²) in [6.45, 7) is 2.19. The number of aromatic amines is 1. The van der Waals surface area contributed by atoms with Crippen molar-refractivity contribution in [2.24, 2.45) is 5.73 Å².